The van der Waals surface area contributed by atoms with Crippen molar-refractivity contribution in [2.24, 2.45) is 0 Å². The van der Waals surface area contributed by atoms with Gasteiger partial charge in [0.1, 0.15) is 0 Å². The summed E-state index contributed by atoms with van der Waals surface area (Å²) in [5.41, 5.74) is 0.930. The summed E-state index contributed by atoms with van der Waals surface area (Å²) in [6.45, 7) is 6.29. The summed E-state index contributed by atoms with van der Waals surface area (Å²) in [6.07, 6.45) is 6.28. The van der Waals surface area contributed by atoms with Crippen LogP contribution in [0.15, 0.2) is 12.4 Å². The summed E-state index contributed by atoms with van der Waals surface area (Å²) in [6, 6.07) is 0.466. The van der Waals surface area contributed by atoms with Crippen LogP contribution < -0.4 is 0 Å². The molecule has 1 rings (SSSR count). The minimum Gasteiger partial charge on any atom is -0.388 e. The average molecular weight is 196 g/mol. The van der Waals surface area contributed by atoms with Gasteiger partial charge in [0.15, 0.2) is 0 Å². The Bertz CT molecular complexity index is 266. The Labute approximate surface area is 85.8 Å². The second-order valence-corrected chi connectivity index (χ2v) is 3.65. The van der Waals surface area contributed by atoms with Crippen molar-refractivity contribution in [3.8, 4) is 0 Å². The van der Waals surface area contributed by atoms with Gasteiger partial charge in [0.25, 0.3) is 0 Å². The quantitative estimate of drug-likeness (QED) is 0.786. The molecule has 3 nitrogen and oxygen atoms in total. The Morgan fingerprint density at radius 1 is 1.29 bits per heavy atom. The molecular weight excluding hydrogens is 176 g/mol. The SMILES string of the molecule is CCC(O)c1cnn(C(CC)CC)c1. The summed E-state index contributed by atoms with van der Waals surface area (Å²) in [4.78, 5) is 0. The highest BCUT2D eigenvalue weighted by Crippen LogP contribution is 2.19. The predicted octanol–water partition coefficient (Wildman–Crippen LogP) is 2.69. The van der Waals surface area contributed by atoms with E-state index < -0.39 is 0 Å². The summed E-state index contributed by atoms with van der Waals surface area (Å²) in [7, 11) is 0. The fraction of sp³-hybridized carbons (Fsp3) is 0.727. The zero-order valence-corrected chi connectivity index (χ0v) is 9.27. The number of aliphatic hydroxyl groups is 1. The highest BCUT2D eigenvalue weighted by Gasteiger charge is 2.11. The maximum Gasteiger partial charge on any atom is 0.0817 e. The molecule has 0 aliphatic carbocycles. The van der Waals surface area contributed by atoms with Gasteiger partial charge in [-0.3, -0.25) is 4.68 Å². The Morgan fingerprint density at radius 2 is 1.93 bits per heavy atom. The molecule has 0 spiro atoms. The second kappa shape index (κ2) is 5.15. The molecule has 0 radical (unpaired) electrons. The van der Waals surface area contributed by atoms with Gasteiger partial charge in [-0.1, -0.05) is 20.8 Å². The van der Waals surface area contributed by atoms with E-state index in [0.29, 0.717) is 6.04 Å². The van der Waals surface area contributed by atoms with Crippen molar-refractivity contribution in [2.75, 3.05) is 0 Å². The van der Waals surface area contributed by atoms with Crippen LogP contribution in [0.5, 0.6) is 0 Å². The number of nitrogens with zero attached hydrogens (tertiary/aromatic N) is 2. The van der Waals surface area contributed by atoms with Crippen LogP contribution in [0.1, 0.15) is 57.7 Å². The van der Waals surface area contributed by atoms with E-state index in [-0.39, 0.29) is 6.10 Å². The number of hydrogen-bond donors (Lipinski definition) is 1. The zero-order valence-electron chi connectivity index (χ0n) is 9.27. The molecule has 0 saturated heterocycles. The maximum absolute atomic E-state index is 9.62. The molecule has 3 heteroatoms. The van der Waals surface area contributed by atoms with E-state index in [1.807, 2.05) is 17.8 Å². The third-order valence-corrected chi connectivity index (χ3v) is 2.71. The normalized spacial score (nSPS) is 13.5. The number of hydrogen-bond acceptors (Lipinski definition) is 2. The molecule has 1 atom stereocenters. The van der Waals surface area contributed by atoms with Crippen LogP contribution in [0.3, 0.4) is 0 Å². The lowest BCUT2D eigenvalue weighted by atomic mass is 10.1. The molecule has 14 heavy (non-hydrogen) atoms. The fourth-order valence-corrected chi connectivity index (χ4v) is 1.62. The van der Waals surface area contributed by atoms with Crippen molar-refractivity contribution in [1.82, 2.24) is 9.78 Å². The van der Waals surface area contributed by atoms with Gasteiger partial charge in [0.05, 0.1) is 18.3 Å². The first-order valence-corrected chi connectivity index (χ1v) is 5.44. The maximum atomic E-state index is 9.62. The minimum absolute atomic E-state index is 0.363. The van der Waals surface area contributed by atoms with E-state index in [0.717, 1.165) is 24.8 Å². The van der Waals surface area contributed by atoms with Gasteiger partial charge in [-0.25, -0.2) is 0 Å². The molecule has 0 aliphatic rings. The van der Waals surface area contributed by atoms with Gasteiger partial charge >= 0.3 is 0 Å². The highest BCUT2D eigenvalue weighted by atomic mass is 16.3. The van der Waals surface area contributed by atoms with Crippen molar-refractivity contribution in [3.63, 3.8) is 0 Å². The smallest absolute Gasteiger partial charge is 0.0817 e. The van der Waals surface area contributed by atoms with Crippen molar-refractivity contribution in [2.45, 2.75) is 52.2 Å². The monoisotopic (exact) mass is 196 g/mol. The van der Waals surface area contributed by atoms with Crippen LogP contribution >= 0.6 is 0 Å². The van der Waals surface area contributed by atoms with Gasteiger partial charge < -0.3 is 5.11 Å². The molecule has 0 aliphatic heterocycles. The lowest BCUT2D eigenvalue weighted by molar-refractivity contribution is 0.173. The number of rotatable bonds is 5. The van der Waals surface area contributed by atoms with Crippen LogP contribution in [-0.2, 0) is 0 Å². The fourth-order valence-electron chi connectivity index (χ4n) is 1.62. The van der Waals surface area contributed by atoms with E-state index in [2.05, 4.69) is 18.9 Å². The van der Waals surface area contributed by atoms with Crippen LogP contribution in [0, 0.1) is 0 Å². The first-order valence-electron chi connectivity index (χ1n) is 5.44. The van der Waals surface area contributed by atoms with E-state index >= 15 is 0 Å². The summed E-state index contributed by atoms with van der Waals surface area (Å²) in [5.74, 6) is 0. The Balaban J connectivity index is 2.76. The third-order valence-electron chi connectivity index (χ3n) is 2.71. The molecule has 0 amide bonds. The van der Waals surface area contributed by atoms with Crippen LogP contribution in [0.25, 0.3) is 0 Å². The predicted molar refractivity (Wildman–Crippen MR) is 57.1 cm³/mol. The van der Waals surface area contributed by atoms with Crippen molar-refractivity contribution >= 4 is 0 Å². The number of aromatic nitrogens is 2. The minimum atomic E-state index is -0.363. The van der Waals surface area contributed by atoms with Crippen LogP contribution in [0.2, 0.25) is 0 Å². The van der Waals surface area contributed by atoms with Crippen LogP contribution in [0.4, 0.5) is 0 Å². The number of aliphatic hydroxyl groups excluding tert-OH is 1. The molecule has 1 aromatic heterocycles. The van der Waals surface area contributed by atoms with Gasteiger partial charge in [0, 0.05) is 11.8 Å². The topological polar surface area (TPSA) is 38.1 Å². The molecule has 0 saturated carbocycles. The van der Waals surface area contributed by atoms with Crippen molar-refractivity contribution in [1.29, 1.82) is 0 Å². The summed E-state index contributed by atoms with van der Waals surface area (Å²) in [5, 5.41) is 13.9. The zero-order chi connectivity index (χ0) is 10.6. The standard InChI is InChI=1S/C11H20N2O/c1-4-10(5-2)13-8-9(7-12-13)11(14)6-3/h7-8,10-11,14H,4-6H2,1-3H3. The summed E-state index contributed by atoms with van der Waals surface area (Å²) < 4.78 is 1.97. The third kappa shape index (κ3) is 2.35. The Kier molecular flexibility index (Phi) is 4.14. The summed E-state index contributed by atoms with van der Waals surface area (Å²) >= 11 is 0. The molecule has 1 heterocycles. The van der Waals surface area contributed by atoms with Crippen molar-refractivity contribution < 1.29 is 5.11 Å². The Morgan fingerprint density at radius 3 is 2.43 bits per heavy atom. The van der Waals surface area contributed by atoms with Crippen molar-refractivity contribution in [3.05, 3.63) is 18.0 Å². The highest BCUT2D eigenvalue weighted by molar-refractivity contribution is 5.08. The van der Waals surface area contributed by atoms with E-state index in [1.165, 1.54) is 0 Å². The molecular formula is C11H20N2O. The van der Waals surface area contributed by atoms with Gasteiger partial charge in [-0.15, -0.1) is 0 Å². The van der Waals surface area contributed by atoms with Crippen LogP contribution in [-0.4, -0.2) is 14.9 Å². The molecule has 0 aromatic carbocycles. The van der Waals surface area contributed by atoms with E-state index in [1.54, 1.807) is 6.20 Å². The van der Waals surface area contributed by atoms with Gasteiger partial charge in [-0.2, -0.15) is 5.10 Å². The molecule has 0 bridgehead atoms. The Hall–Kier alpha value is -0.830. The molecule has 80 valence electrons. The first-order chi connectivity index (χ1) is 6.72. The largest absolute Gasteiger partial charge is 0.388 e. The van der Waals surface area contributed by atoms with E-state index in [4.69, 9.17) is 0 Å². The molecule has 1 unspecified atom stereocenters. The average Bonchev–Trinajstić information content (AvgIpc) is 2.68. The lowest BCUT2D eigenvalue weighted by Crippen LogP contribution is -2.07. The first kappa shape index (κ1) is 11.2. The van der Waals surface area contributed by atoms with Gasteiger partial charge in [-0.05, 0) is 19.3 Å². The van der Waals surface area contributed by atoms with Gasteiger partial charge in [0.2, 0.25) is 0 Å². The molecule has 1 N–H and O–H groups in total. The second-order valence-electron chi connectivity index (χ2n) is 3.65. The molecule has 0 fully saturated rings. The van der Waals surface area contributed by atoms with E-state index in [9.17, 15) is 5.11 Å². The lowest BCUT2D eigenvalue weighted by Gasteiger charge is -2.12. The molecule has 1 aromatic rings.